The van der Waals surface area contributed by atoms with Gasteiger partial charge in [-0.25, -0.2) is 15.0 Å². The summed E-state index contributed by atoms with van der Waals surface area (Å²) in [7, 11) is 1.31. The van der Waals surface area contributed by atoms with Crippen LogP contribution in [0.4, 0.5) is 4.79 Å². The van der Waals surface area contributed by atoms with Crippen LogP contribution in [0.15, 0.2) is 11.3 Å². The number of hydrogen-bond donors (Lipinski definition) is 3. The highest BCUT2D eigenvalue weighted by molar-refractivity contribution is 7.80. The number of hydrogen-bond acceptors (Lipinski definition) is 5. The number of carbonyl (C=O) groups is 3. The van der Waals surface area contributed by atoms with E-state index in [0.29, 0.717) is 0 Å². The van der Waals surface area contributed by atoms with Crippen molar-refractivity contribution in [2.45, 2.75) is 6.42 Å². The van der Waals surface area contributed by atoms with Crippen LogP contribution in [0.1, 0.15) is 6.42 Å². The average molecular weight is 243 g/mol. The minimum atomic E-state index is -0.667. The molecule has 1 fully saturated rings. The summed E-state index contributed by atoms with van der Waals surface area (Å²) in [4.78, 5) is 34.5. The van der Waals surface area contributed by atoms with Gasteiger partial charge in [-0.15, -0.1) is 0 Å². The zero-order chi connectivity index (χ0) is 12.5. The van der Waals surface area contributed by atoms with Crippen LogP contribution in [0.2, 0.25) is 0 Å². The van der Waals surface area contributed by atoms with Crippen LogP contribution in [-0.2, 0) is 9.59 Å². The summed E-state index contributed by atoms with van der Waals surface area (Å²) in [5, 5.41) is 1.11. The first kappa shape index (κ1) is 12.3. The van der Waals surface area contributed by atoms with Crippen molar-refractivity contribution in [1.82, 2.24) is 4.90 Å². The van der Waals surface area contributed by atoms with Gasteiger partial charge < -0.3 is 11.5 Å². The lowest BCUT2D eigenvalue weighted by Crippen LogP contribution is -2.96. The van der Waals surface area contributed by atoms with Gasteiger partial charge in [-0.3, -0.25) is 9.59 Å². The highest BCUT2D eigenvalue weighted by Gasteiger charge is 2.37. The summed E-state index contributed by atoms with van der Waals surface area (Å²) in [5.74, 6) is -1.28. The summed E-state index contributed by atoms with van der Waals surface area (Å²) >= 11 is 4.85. The maximum absolute atomic E-state index is 11.7. The number of nitrogens with zero attached hydrogens (tertiary/aromatic N) is 1. The van der Waals surface area contributed by atoms with Crippen LogP contribution >= 0.6 is 12.2 Å². The van der Waals surface area contributed by atoms with E-state index in [4.69, 9.17) is 23.7 Å². The molecule has 1 rings (SSSR count). The molecule has 0 spiro atoms. The second kappa shape index (κ2) is 4.37. The smallest absolute Gasteiger partial charge is 0.401 e. The van der Waals surface area contributed by atoms with Crippen LogP contribution < -0.4 is 16.8 Å². The van der Waals surface area contributed by atoms with Crippen molar-refractivity contribution in [3.05, 3.63) is 11.3 Å². The number of urea groups is 1. The van der Waals surface area contributed by atoms with Crippen LogP contribution in [0.25, 0.3) is 0 Å². The number of quaternary nitrogens is 1. The molecule has 86 valence electrons. The normalized spacial score (nSPS) is 20.1. The number of nitrogens with two attached hydrogens (primary N) is 3. The molecule has 7 nitrogen and oxygen atoms in total. The topological polar surface area (TPSA) is 123 Å². The van der Waals surface area contributed by atoms with Crippen molar-refractivity contribution in [3.8, 4) is 0 Å². The lowest BCUT2D eigenvalue weighted by atomic mass is 10.1. The van der Waals surface area contributed by atoms with Gasteiger partial charge in [0.1, 0.15) is 5.57 Å². The van der Waals surface area contributed by atoms with E-state index < -0.39 is 17.8 Å². The molecule has 1 saturated heterocycles. The minimum Gasteiger partial charge on any atom is -0.401 e. The fourth-order valence-electron chi connectivity index (χ4n) is 1.23. The Morgan fingerprint density at radius 2 is 2.00 bits per heavy atom. The summed E-state index contributed by atoms with van der Waals surface area (Å²) in [6.45, 7) is 0. The number of amides is 4. The standard InChI is InChI=1S/C8H10N4O3S/c1-12-7(14)5(3(9)2-4(10)13)6(16)11-8(12)15/h2,9H2,1H3,(H2,10,13)(H,11,15,16)/p+1. The summed E-state index contributed by atoms with van der Waals surface area (Å²) in [6.07, 6.45) is -0.267. The monoisotopic (exact) mass is 243 g/mol. The Balaban J connectivity index is 3.12. The highest BCUT2D eigenvalue weighted by atomic mass is 32.1. The minimum absolute atomic E-state index is 0.00380. The molecule has 4 amide bonds. The van der Waals surface area contributed by atoms with E-state index in [1.54, 1.807) is 0 Å². The second-order valence-corrected chi connectivity index (χ2v) is 3.69. The predicted octanol–water partition coefficient (Wildman–Crippen LogP) is -2.44. The van der Waals surface area contributed by atoms with Crippen molar-refractivity contribution >= 4 is 35.1 Å². The molecule has 16 heavy (non-hydrogen) atoms. The first-order chi connectivity index (χ1) is 7.34. The van der Waals surface area contributed by atoms with Crippen LogP contribution in [0.5, 0.6) is 0 Å². The molecule has 0 aromatic rings. The predicted molar refractivity (Wildman–Crippen MR) is 57.7 cm³/mol. The lowest BCUT2D eigenvalue weighted by Gasteiger charge is -2.20. The van der Waals surface area contributed by atoms with Crippen LogP contribution in [-0.4, -0.2) is 34.8 Å². The maximum Gasteiger partial charge on any atom is 0.428 e. The summed E-state index contributed by atoms with van der Waals surface area (Å²) < 4.78 is 0. The molecule has 1 aliphatic heterocycles. The molecule has 0 radical (unpaired) electrons. The zero-order valence-corrected chi connectivity index (χ0v) is 9.34. The molecular formula is C8H11N4O3S+. The lowest BCUT2D eigenvalue weighted by molar-refractivity contribution is -0.434. The average Bonchev–Trinajstić information content (AvgIpc) is 2.13. The molecule has 0 atom stereocenters. The van der Waals surface area contributed by atoms with Crippen LogP contribution in [0, 0.1) is 0 Å². The quantitative estimate of drug-likeness (QED) is 0.367. The largest absolute Gasteiger partial charge is 0.428 e. The number of imide groups is 1. The first-order valence-corrected chi connectivity index (χ1v) is 4.73. The maximum atomic E-state index is 11.7. The molecule has 0 bridgehead atoms. The Hall–Kier alpha value is -1.80. The third-order valence-corrected chi connectivity index (χ3v) is 2.36. The first-order valence-electron chi connectivity index (χ1n) is 4.32. The van der Waals surface area contributed by atoms with Crippen molar-refractivity contribution in [2.24, 2.45) is 11.5 Å². The van der Waals surface area contributed by atoms with Crippen molar-refractivity contribution in [3.63, 3.8) is 0 Å². The molecule has 0 saturated carbocycles. The fraction of sp³-hybridized carbons (Fsp3) is 0.250. The van der Waals surface area contributed by atoms with E-state index in [-0.39, 0.29) is 22.7 Å². The zero-order valence-electron chi connectivity index (χ0n) is 8.52. The molecule has 1 aliphatic rings. The number of primary amides is 2. The van der Waals surface area contributed by atoms with E-state index in [1.807, 2.05) is 0 Å². The van der Waals surface area contributed by atoms with E-state index >= 15 is 0 Å². The van der Waals surface area contributed by atoms with Gasteiger partial charge in [0.2, 0.25) is 10.9 Å². The number of likely N-dealkylation sites (N-methyl/N-ethyl adjacent to an activating group) is 1. The molecule has 0 aromatic heterocycles. The Morgan fingerprint density at radius 1 is 1.44 bits per heavy atom. The van der Waals surface area contributed by atoms with Gasteiger partial charge in [0.15, 0.2) is 0 Å². The van der Waals surface area contributed by atoms with E-state index in [9.17, 15) is 14.4 Å². The van der Waals surface area contributed by atoms with Gasteiger partial charge >= 0.3 is 6.03 Å². The number of carbonyl (C=O) groups excluding carboxylic acids is 3. The Labute approximate surface area is 96.4 Å². The summed E-state index contributed by atoms with van der Waals surface area (Å²) in [6, 6.07) is -0.509. The van der Waals surface area contributed by atoms with Gasteiger partial charge in [-0.05, 0) is 12.2 Å². The summed E-state index contributed by atoms with van der Waals surface area (Å²) in [5.41, 5.74) is 10.5. The van der Waals surface area contributed by atoms with E-state index in [0.717, 1.165) is 10.2 Å². The second-order valence-electron chi connectivity index (χ2n) is 3.25. The Bertz CT molecular complexity index is 429. The molecule has 0 aromatic carbocycles. The molecular weight excluding hydrogens is 232 g/mol. The third kappa shape index (κ3) is 2.23. The molecule has 8 heteroatoms. The van der Waals surface area contributed by atoms with Crippen molar-refractivity contribution in [1.29, 1.82) is 0 Å². The molecule has 6 N–H and O–H groups in total. The molecule has 0 unspecified atom stereocenters. The van der Waals surface area contributed by atoms with Gasteiger partial charge in [0, 0.05) is 12.7 Å². The van der Waals surface area contributed by atoms with Crippen LogP contribution in [0.3, 0.4) is 0 Å². The van der Waals surface area contributed by atoms with Gasteiger partial charge in [0.25, 0.3) is 5.91 Å². The number of thiocarbonyl (C=S) groups is 1. The van der Waals surface area contributed by atoms with Crippen molar-refractivity contribution < 1.29 is 19.7 Å². The molecule has 1 heterocycles. The SMILES string of the molecule is CN1C(=O)[NH2+]C(=S)C(=C(N)CC(N)=O)C1=O. The number of rotatable bonds is 2. The molecule has 0 aliphatic carbocycles. The fourth-order valence-corrected chi connectivity index (χ4v) is 1.55. The van der Waals surface area contributed by atoms with Gasteiger partial charge in [0.05, 0.1) is 6.42 Å². The third-order valence-electron chi connectivity index (χ3n) is 2.04. The van der Waals surface area contributed by atoms with E-state index in [1.165, 1.54) is 7.05 Å². The van der Waals surface area contributed by atoms with Gasteiger partial charge in [-0.1, -0.05) is 0 Å². The Kier molecular flexibility index (Phi) is 3.35. The van der Waals surface area contributed by atoms with Gasteiger partial charge in [-0.2, -0.15) is 0 Å². The highest BCUT2D eigenvalue weighted by Crippen LogP contribution is 2.09. The van der Waals surface area contributed by atoms with Crippen molar-refractivity contribution in [2.75, 3.05) is 7.05 Å². The van der Waals surface area contributed by atoms with E-state index in [2.05, 4.69) is 0 Å². The Morgan fingerprint density at radius 3 is 2.50 bits per heavy atom.